The Morgan fingerprint density at radius 1 is 1.10 bits per heavy atom. The summed E-state index contributed by atoms with van der Waals surface area (Å²) in [5.41, 5.74) is 1.22. The minimum Gasteiger partial charge on any atom is -0.444 e. The van der Waals surface area contributed by atoms with Crippen LogP contribution in [0.15, 0.2) is 28.7 Å². The number of likely N-dealkylation sites (tertiary alicyclic amines) is 2. The Hall–Kier alpha value is -1.07. The van der Waals surface area contributed by atoms with Crippen LogP contribution in [0.25, 0.3) is 0 Å². The highest BCUT2D eigenvalue weighted by Crippen LogP contribution is 2.37. The third-order valence-corrected chi connectivity index (χ3v) is 7.43. The van der Waals surface area contributed by atoms with Gasteiger partial charge in [0.2, 0.25) is 0 Å². The molecule has 29 heavy (non-hydrogen) atoms. The Balaban J connectivity index is 1.50. The van der Waals surface area contributed by atoms with E-state index in [0.717, 1.165) is 49.4 Å². The number of amides is 1. The summed E-state index contributed by atoms with van der Waals surface area (Å²) in [6.07, 6.45) is 4.39. The van der Waals surface area contributed by atoms with E-state index < -0.39 is 5.60 Å². The molecule has 0 aliphatic carbocycles. The molecule has 162 valence electrons. The zero-order chi connectivity index (χ0) is 21.2. The lowest BCUT2D eigenvalue weighted by atomic mass is 9.79. The van der Waals surface area contributed by atoms with Crippen molar-refractivity contribution in [2.24, 2.45) is 5.92 Å². The maximum Gasteiger partial charge on any atom is 0.410 e. The van der Waals surface area contributed by atoms with E-state index in [1.54, 1.807) is 0 Å². The van der Waals surface area contributed by atoms with E-state index >= 15 is 0 Å². The van der Waals surface area contributed by atoms with Gasteiger partial charge in [-0.15, -0.1) is 0 Å². The predicted octanol–water partition coefficient (Wildman–Crippen LogP) is 6.05. The van der Waals surface area contributed by atoms with Crippen molar-refractivity contribution in [3.05, 3.63) is 34.3 Å². The first-order valence-corrected chi connectivity index (χ1v) is 11.9. The fourth-order valence-corrected chi connectivity index (χ4v) is 5.06. The van der Waals surface area contributed by atoms with Crippen LogP contribution in [0.2, 0.25) is 0 Å². The Morgan fingerprint density at radius 2 is 1.66 bits per heavy atom. The molecule has 1 unspecified atom stereocenters. The molecule has 2 aliphatic rings. The second-order valence-corrected chi connectivity index (χ2v) is 11.0. The summed E-state index contributed by atoms with van der Waals surface area (Å²) in [5, 5.41) is 0. The maximum absolute atomic E-state index is 12.4. The van der Waals surface area contributed by atoms with Crippen molar-refractivity contribution < 1.29 is 9.53 Å². The smallest absolute Gasteiger partial charge is 0.410 e. The minimum atomic E-state index is -0.425. The summed E-state index contributed by atoms with van der Waals surface area (Å²) < 4.78 is 6.70. The number of nitrogens with zero attached hydrogens (tertiary/aromatic N) is 2. The first kappa shape index (κ1) is 22.6. The molecule has 0 spiro atoms. The highest BCUT2D eigenvalue weighted by molar-refractivity contribution is 9.10. The summed E-state index contributed by atoms with van der Waals surface area (Å²) in [6, 6.07) is 8.82. The third kappa shape index (κ3) is 5.75. The average molecular weight is 465 g/mol. The van der Waals surface area contributed by atoms with Crippen LogP contribution in [0.1, 0.15) is 71.8 Å². The van der Waals surface area contributed by atoms with Crippen molar-refractivity contribution in [1.29, 1.82) is 0 Å². The van der Waals surface area contributed by atoms with Gasteiger partial charge in [-0.25, -0.2) is 4.79 Å². The van der Waals surface area contributed by atoms with E-state index in [1.807, 2.05) is 25.7 Å². The Morgan fingerprint density at radius 3 is 2.17 bits per heavy atom. The zero-order valence-electron chi connectivity index (χ0n) is 18.7. The van der Waals surface area contributed by atoms with Crippen LogP contribution >= 0.6 is 15.9 Å². The topological polar surface area (TPSA) is 32.8 Å². The predicted molar refractivity (Wildman–Crippen MR) is 122 cm³/mol. The minimum absolute atomic E-state index is 0.165. The number of hydrogen-bond donors (Lipinski definition) is 0. The summed E-state index contributed by atoms with van der Waals surface area (Å²) in [6.45, 7) is 14.5. The summed E-state index contributed by atoms with van der Waals surface area (Å²) in [4.78, 5) is 16.9. The molecule has 1 aromatic rings. The SMILES string of the molecule is CC(c1ccc(Br)cc1)C1CCN(C2(C)CCN(C(=O)OC(C)(C)C)CC2)CC1. The Kier molecular flexibility index (Phi) is 6.99. The standard InChI is InChI=1S/C24H37BrN2O2/c1-18(19-6-8-21(25)9-7-19)20-10-14-27(15-11-20)24(5)12-16-26(17-13-24)22(28)29-23(2,3)4/h6-9,18,20H,10-17H2,1-5H3. The molecule has 1 amide bonds. The monoisotopic (exact) mass is 464 g/mol. The third-order valence-electron chi connectivity index (χ3n) is 6.90. The quantitative estimate of drug-likeness (QED) is 0.545. The number of halogens is 1. The van der Waals surface area contributed by atoms with Crippen LogP contribution in [0.4, 0.5) is 4.79 Å². The lowest BCUT2D eigenvalue weighted by Gasteiger charge is -2.49. The number of piperidine rings is 2. The van der Waals surface area contributed by atoms with Gasteiger partial charge in [0.1, 0.15) is 5.60 Å². The van der Waals surface area contributed by atoms with E-state index in [0.29, 0.717) is 5.92 Å². The van der Waals surface area contributed by atoms with Crippen molar-refractivity contribution in [3.8, 4) is 0 Å². The van der Waals surface area contributed by atoms with Gasteiger partial charge >= 0.3 is 6.09 Å². The number of ether oxygens (including phenoxy) is 1. The summed E-state index contributed by atoms with van der Waals surface area (Å²) >= 11 is 3.54. The summed E-state index contributed by atoms with van der Waals surface area (Å²) in [5.74, 6) is 1.35. The van der Waals surface area contributed by atoms with Crippen LogP contribution in [0.3, 0.4) is 0 Å². The Labute approximate surface area is 185 Å². The fraction of sp³-hybridized carbons (Fsp3) is 0.708. The van der Waals surface area contributed by atoms with Crippen molar-refractivity contribution in [3.63, 3.8) is 0 Å². The summed E-state index contributed by atoms with van der Waals surface area (Å²) in [7, 11) is 0. The van der Waals surface area contributed by atoms with Gasteiger partial charge < -0.3 is 9.64 Å². The molecule has 2 fully saturated rings. The second-order valence-electron chi connectivity index (χ2n) is 10.1. The molecule has 5 heteroatoms. The second kappa shape index (κ2) is 8.97. The van der Waals surface area contributed by atoms with Gasteiger partial charge in [-0.3, -0.25) is 4.90 Å². The van der Waals surface area contributed by atoms with Gasteiger partial charge in [0.05, 0.1) is 0 Å². The molecule has 3 rings (SSSR count). The van der Waals surface area contributed by atoms with E-state index in [1.165, 1.54) is 18.4 Å². The molecule has 2 saturated heterocycles. The van der Waals surface area contributed by atoms with Crippen LogP contribution in [0, 0.1) is 5.92 Å². The maximum atomic E-state index is 12.4. The molecule has 0 radical (unpaired) electrons. The zero-order valence-corrected chi connectivity index (χ0v) is 20.3. The van der Waals surface area contributed by atoms with Gasteiger partial charge in [0, 0.05) is 23.1 Å². The average Bonchev–Trinajstić information content (AvgIpc) is 2.67. The molecular weight excluding hydrogens is 428 g/mol. The van der Waals surface area contributed by atoms with Crippen LogP contribution in [-0.2, 0) is 4.74 Å². The van der Waals surface area contributed by atoms with Gasteiger partial charge in [-0.2, -0.15) is 0 Å². The number of hydrogen-bond acceptors (Lipinski definition) is 3. The van der Waals surface area contributed by atoms with Gasteiger partial charge in [0.25, 0.3) is 0 Å². The molecular formula is C24H37BrN2O2. The van der Waals surface area contributed by atoms with E-state index in [9.17, 15) is 4.79 Å². The van der Waals surface area contributed by atoms with Crippen molar-refractivity contribution in [2.75, 3.05) is 26.2 Å². The highest BCUT2D eigenvalue weighted by atomic mass is 79.9. The lowest BCUT2D eigenvalue weighted by molar-refractivity contribution is -0.0116. The van der Waals surface area contributed by atoms with Crippen LogP contribution in [-0.4, -0.2) is 53.2 Å². The van der Waals surface area contributed by atoms with Crippen LogP contribution < -0.4 is 0 Å². The van der Waals surface area contributed by atoms with Crippen molar-refractivity contribution in [1.82, 2.24) is 9.80 Å². The first-order chi connectivity index (χ1) is 13.6. The van der Waals surface area contributed by atoms with Gasteiger partial charge in [-0.05, 0) is 96.0 Å². The number of benzene rings is 1. The van der Waals surface area contributed by atoms with E-state index in [-0.39, 0.29) is 11.6 Å². The Bertz CT molecular complexity index is 682. The molecule has 1 atom stereocenters. The van der Waals surface area contributed by atoms with Crippen molar-refractivity contribution in [2.45, 2.75) is 77.4 Å². The largest absolute Gasteiger partial charge is 0.444 e. The molecule has 2 heterocycles. The highest BCUT2D eigenvalue weighted by Gasteiger charge is 2.39. The molecule has 4 nitrogen and oxygen atoms in total. The van der Waals surface area contributed by atoms with E-state index in [4.69, 9.17) is 4.74 Å². The number of carbonyl (C=O) groups excluding carboxylic acids is 1. The first-order valence-electron chi connectivity index (χ1n) is 11.1. The lowest BCUT2D eigenvalue weighted by Crippen LogP contribution is -2.57. The molecule has 0 aromatic heterocycles. The molecule has 2 aliphatic heterocycles. The fourth-order valence-electron chi connectivity index (χ4n) is 4.79. The van der Waals surface area contributed by atoms with Gasteiger partial charge in [-0.1, -0.05) is 35.0 Å². The molecule has 0 saturated carbocycles. The van der Waals surface area contributed by atoms with E-state index in [2.05, 4.69) is 58.9 Å². The van der Waals surface area contributed by atoms with Crippen LogP contribution in [0.5, 0.6) is 0 Å². The molecule has 1 aromatic carbocycles. The molecule has 0 bridgehead atoms. The molecule has 0 N–H and O–H groups in total. The normalized spacial score (nSPS) is 22.3. The van der Waals surface area contributed by atoms with Crippen molar-refractivity contribution >= 4 is 22.0 Å². The number of carbonyl (C=O) groups is 1. The van der Waals surface area contributed by atoms with Gasteiger partial charge in [0.15, 0.2) is 0 Å². The number of rotatable bonds is 3.